The van der Waals surface area contributed by atoms with Crippen LogP contribution in [0.2, 0.25) is 0 Å². The molecule has 4 rings (SSSR count). The van der Waals surface area contributed by atoms with E-state index < -0.39 is 0 Å². The molecule has 0 bridgehead atoms. The molecule has 1 aliphatic heterocycles. The first-order valence-corrected chi connectivity index (χ1v) is 8.94. The molecule has 4 heteroatoms. The van der Waals surface area contributed by atoms with Gasteiger partial charge < -0.3 is 9.67 Å². The molecule has 0 radical (unpaired) electrons. The van der Waals surface area contributed by atoms with Crippen molar-refractivity contribution in [2.45, 2.75) is 64.3 Å². The third-order valence-electron chi connectivity index (χ3n) is 5.70. The van der Waals surface area contributed by atoms with Gasteiger partial charge in [-0.15, -0.1) is 10.2 Å². The number of hydrogen-bond acceptors (Lipinski definition) is 3. The van der Waals surface area contributed by atoms with Gasteiger partial charge in [-0.1, -0.05) is 43.9 Å². The monoisotopic (exact) mass is 311 g/mol. The van der Waals surface area contributed by atoms with E-state index in [2.05, 4.69) is 14.8 Å². The number of aromatic nitrogens is 3. The minimum atomic E-state index is 0.383. The number of benzene rings is 1. The molecular formula is C19H25N3O. The molecule has 1 aromatic heterocycles. The third-order valence-corrected chi connectivity index (χ3v) is 5.70. The lowest BCUT2D eigenvalue weighted by molar-refractivity contribution is 0.235. The van der Waals surface area contributed by atoms with Gasteiger partial charge >= 0.3 is 0 Å². The molecule has 2 aromatic rings. The molecule has 0 amide bonds. The van der Waals surface area contributed by atoms with E-state index in [4.69, 9.17) is 0 Å². The van der Waals surface area contributed by atoms with Crippen LogP contribution < -0.4 is 0 Å². The van der Waals surface area contributed by atoms with Crippen molar-refractivity contribution in [2.75, 3.05) is 0 Å². The number of para-hydroxylation sites is 1. The molecule has 1 aromatic carbocycles. The van der Waals surface area contributed by atoms with Crippen LogP contribution in [0.1, 0.15) is 55.7 Å². The lowest BCUT2D eigenvalue weighted by Crippen LogP contribution is -2.22. The maximum Gasteiger partial charge on any atom is 0.133 e. The smallest absolute Gasteiger partial charge is 0.133 e. The van der Waals surface area contributed by atoms with Gasteiger partial charge in [-0.2, -0.15) is 0 Å². The van der Waals surface area contributed by atoms with Gasteiger partial charge in [0.15, 0.2) is 0 Å². The van der Waals surface area contributed by atoms with Gasteiger partial charge in [-0.05, 0) is 36.3 Å². The summed E-state index contributed by atoms with van der Waals surface area (Å²) in [5.74, 6) is 2.65. The van der Waals surface area contributed by atoms with Gasteiger partial charge in [-0.25, -0.2) is 0 Å². The lowest BCUT2D eigenvalue weighted by atomic mass is 9.79. The number of phenolic OH excluding ortho intramolecular Hbond substituents is 1. The summed E-state index contributed by atoms with van der Waals surface area (Å²) < 4.78 is 2.37. The molecule has 1 N–H and O–H groups in total. The molecule has 2 heterocycles. The fraction of sp³-hybridized carbons (Fsp3) is 0.579. The van der Waals surface area contributed by atoms with Crippen molar-refractivity contribution in [3.8, 4) is 5.75 Å². The summed E-state index contributed by atoms with van der Waals surface area (Å²) in [4.78, 5) is 0. The lowest BCUT2D eigenvalue weighted by Gasteiger charge is -2.26. The maximum absolute atomic E-state index is 9.92. The Hall–Kier alpha value is -1.84. The molecule has 1 fully saturated rings. The maximum atomic E-state index is 9.92. The number of nitrogens with zero attached hydrogens (tertiary/aromatic N) is 3. The van der Waals surface area contributed by atoms with E-state index in [1.807, 2.05) is 18.2 Å². The quantitative estimate of drug-likeness (QED) is 0.941. The Kier molecular flexibility index (Phi) is 3.83. The summed E-state index contributed by atoms with van der Waals surface area (Å²) in [5, 5.41) is 18.8. The highest BCUT2D eigenvalue weighted by Gasteiger charge is 2.39. The summed E-state index contributed by atoms with van der Waals surface area (Å²) in [7, 11) is 0. The molecule has 4 nitrogen and oxygen atoms in total. The van der Waals surface area contributed by atoms with Gasteiger partial charge in [0.25, 0.3) is 0 Å². The normalized spacial score (nSPS) is 19.7. The number of fused-ring (bicyclic) bond motifs is 1. The molecule has 0 atom stereocenters. The minimum Gasteiger partial charge on any atom is -0.508 e. The van der Waals surface area contributed by atoms with Crippen LogP contribution in [0.15, 0.2) is 24.3 Å². The van der Waals surface area contributed by atoms with Gasteiger partial charge in [0, 0.05) is 19.4 Å². The number of aryl methyl sites for hydroxylation is 2. The van der Waals surface area contributed by atoms with Crippen molar-refractivity contribution in [2.24, 2.45) is 5.41 Å². The van der Waals surface area contributed by atoms with Crippen molar-refractivity contribution in [1.29, 1.82) is 0 Å². The first kappa shape index (κ1) is 14.7. The Morgan fingerprint density at radius 1 is 1.00 bits per heavy atom. The van der Waals surface area contributed by atoms with Gasteiger partial charge in [0.1, 0.15) is 17.4 Å². The van der Waals surface area contributed by atoms with E-state index in [9.17, 15) is 5.11 Å². The zero-order chi connectivity index (χ0) is 15.7. The Labute approximate surface area is 137 Å². The zero-order valence-corrected chi connectivity index (χ0v) is 13.7. The second-order valence-corrected chi connectivity index (χ2v) is 7.34. The van der Waals surface area contributed by atoms with E-state index in [1.54, 1.807) is 6.07 Å². The summed E-state index contributed by atoms with van der Waals surface area (Å²) in [6.45, 7) is 1.10. The molecule has 23 heavy (non-hydrogen) atoms. The van der Waals surface area contributed by atoms with Gasteiger partial charge in [0.05, 0.1) is 0 Å². The van der Waals surface area contributed by atoms with Crippen LogP contribution in [0.3, 0.4) is 0 Å². The van der Waals surface area contributed by atoms with E-state index >= 15 is 0 Å². The molecule has 2 aliphatic rings. The summed E-state index contributed by atoms with van der Waals surface area (Å²) in [6, 6.07) is 7.58. The van der Waals surface area contributed by atoms with Crippen LogP contribution in [0.4, 0.5) is 0 Å². The van der Waals surface area contributed by atoms with Gasteiger partial charge in [-0.3, -0.25) is 0 Å². The Morgan fingerprint density at radius 3 is 2.57 bits per heavy atom. The molecule has 1 saturated carbocycles. The van der Waals surface area contributed by atoms with Crippen LogP contribution in [-0.2, 0) is 25.8 Å². The third kappa shape index (κ3) is 2.87. The average Bonchev–Trinajstić information content (AvgIpc) is 2.97. The minimum absolute atomic E-state index is 0.383. The van der Waals surface area contributed by atoms with Crippen LogP contribution in [0.5, 0.6) is 5.75 Å². The average molecular weight is 311 g/mol. The Bertz CT molecular complexity index is 684. The van der Waals surface area contributed by atoms with Crippen LogP contribution in [-0.4, -0.2) is 19.9 Å². The second kappa shape index (κ2) is 5.99. The molecule has 1 spiro atoms. The van der Waals surface area contributed by atoms with Gasteiger partial charge in [0.2, 0.25) is 0 Å². The van der Waals surface area contributed by atoms with E-state index in [0.29, 0.717) is 11.2 Å². The standard InChI is InChI=1S/C19H25N3O/c23-16-8-4-3-7-15(16)9-10-17-20-21-18-13-19(14-22(17)18)11-5-1-2-6-12-19/h3-4,7-8,23H,1-2,5-6,9-14H2. The first-order valence-electron chi connectivity index (χ1n) is 8.94. The molecule has 1 aliphatic carbocycles. The first-order chi connectivity index (χ1) is 11.3. The Balaban J connectivity index is 1.48. The molecular weight excluding hydrogens is 286 g/mol. The highest BCUT2D eigenvalue weighted by atomic mass is 16.3. The number of rotatable bonds is 3. The molecule has 0 unspecified atom stereocenters. The van der Waals surface area contributed by atoms with E-state index in [1.165, 1.54) is 44.3 Å². The Morgan fingerprint density at radius 2 is 1.78 bits per heavy atom. The van der Waals surface area contributed by atoms with Crippen molar-refractivity contribution < 1.29 is 5.11 Å². The second-order valence-electron chi connectivity index (χ2n) is 7.34. The topological polar surface area (TPSA) is 50.9 Å². The zero-order valence-electron chi connectivity index (χ0n) is 13.7. The van der Waals surface area contributed by atoms with Crippen molar-refractivity contribution in [3.05, 3.63) is 41.5 Å². The number of aromatic hydroxyl groups is 1. The summed E-state index contributed by atoms with van der Waals surface area (Å²) in [5.41, 5.74) is 1.44. The molecule has 122 valence electrons. The van der Waals surface area contributed by atoms with Crippen LogP contribution in [0, 0.1) is 5.41 Å². The van der Waals surface area contributed by atoms with Crippen molar-refractivity contribution in [1.82, 2.24) is 14.8 Å². The summed E-state index contributed by atoms with van der Waals surface area (Å²) in [6.07, 6.45) is 11.0. The fourth-order valence-electron chi connectivity index (χ4n) is 4.38. The fourth-order valence-corrected chi connectivity index (χ4v) is 4.38. The van der Waals surface area contributed by atoms with E-state index in [-0.39, 0.29) is 0 Å². The van der Waals surface area contributed by atoms with Crippen molar-refractivity contribution in [3.63, 3.8) is 0 Å². The van der Waals surface area contributed by atoms with Crippen LogP contribution in [0.25, 0.3) is 0 Å². The predicted molar refractivity (Wildman–Crippen MR) is 89.4 cm³/mol. The largest absolute Gasteiger partial charge is 0.508 e. The highest BCUT2D eigenvalue weighted by molar-refractivity contribution is 5.32. The molecule has 0 saturated heterocycles. The van der Waals surface area contributed by atoms with Crippen molar-refractivity contribution >= 4 is 0 Å². The van der Waals surface area contributed by atoms with Crippen LogP contribution >= 0.6 is 0 Å². The predicted octanol–water partition coefficient (Wildman–Crippen LogP) is 3.67. The SMILES string of the molecule is Oc1ccccc1CCc1nnc2n1CC1(CCCCCC1)C2. The summed E-state index contributed by atoms with van der Waals surface area (Å²) >= 11 is 0. The van der Waals surface area contributed by atoms with E-state index in [0.717, 1.165) is 37.2 Å². The number of phenols is 1. The number of hydrogen-bond donors (Lipinski definition) is 1. The highest BCUT2D eigenvalue weighted by Crippen LogP contribution is 2.43.